The molecule has 0 spiro atoms. The number of aliphatic imine (C=N–C) groups is 1. The summed E-state index contributed by atoms with van der Waals surface area (Å²) in [6.07, 6.45) is 0.759. The molecule has 2 amide bonds. The first kappa shape index (κ1) is 24.5. The van der Waals surface area contributed by atoms with Gasteiger partial charge in [0.15, 0.2) is 5.17 Å². The molecule has 35 heavy (non-hydrogen) atoms. The number of amides is 2. The van der Waals surface area contributed by atoms with Gasteiger partial charge >= 0.3 is 0 Å². The Kier molecular flexibility index (Phi) is 7.87. The van der Waals surface area contributed by atoms with Crippen LogP contribution >= 0.6 is 11.8 Å². The molecule has 0 saturated carbocycles. The highest BCUT2D eigenvalue weighted by atomic mass is 32.2. The van der Waals surface area contributed by atoms with Crippen LogP contribution in [0.2, 0.25) is 0 Å². The van der Waals surface area contributed by atoms with Crippen molar-refractivity contribution in [2.75, 3.05) is 19.0 Å². The number of methoxy groups -OCH3 is 1. The minimum Gasteiger partial charge on any atom is -0.497 e. The standard InChI is InChI=1S/C28H29N3O3S/c1-19-9-14-24(20(2)17-19)30-26(32)18-25-27(33)31(16-15-21-10-12-23(34-3)13-11-21)28(35-25)29-22-7-5-4-6-8-22/h4-14,17,25H,15-16,18H2,1-3H3,(H,30,32)/t25-/m0/s1. The van der Waals surface area contributed by atoms with E-state index in [2.05, 4.69) is 5.32 Å². The van der Waals surface area contributed by atoms with Crippen LogP contribution in [0.5, 0.6) is 5.75 Å². The summed E-state index contributed by atoms with van der Waals surface area (Å²) in [5.74, 6) is 0.524. The number of nitrogens with zero attached hydrogens (tertiary/aromatic N) is 2. The smallest absolute Gasteiger partial charge is 0.242 e. The second-order valence-corrected chi connectivity index (χ2v) is 9.66. The van der Waals surface area contributed by atoms with E-state index in [1.54, 1.807) is 12.0 Å². The zero-order valence-corrected chi connectivity index (χ0v) is 21.0. The molecular weight excluding hydrogens is 458 g/mol. The normalized spacial score (nSPS) is 16.5. The van der Waals surface area contributed by atoms with Gasteiger partial charge in [-0.3, -0.25) is 14.5 Å². The Bertz CT molecular complexity index is 1230. The number of thioether (sulfide) groups is 1. The average Bonchev–Trinajstić information content (AvgIpc) is 3.14. The largest absolute Gasteiger partial charge is 0.497 e. The third-order valence-corrected chi connectivity index (χ3v) is 6.99. The van der Waals surface area contributed by atoms with E-state index < -0.39 is 5.25 Å². The van der Waals surface area contributed by atoms with Gasteiger partial charge in [-0.15, -0.1) is 0 Å². The number of hydrogen-bond donors (Lipinski definition) is 1. The Hall–Kier alpha value is -3.58. The fourth-order valence-corrected chi connectivity index (χ4v) is 5.08. The number of ether oxygens (including phenoxy) is 1. The van der Waals surface area contributed by atoms with Crippen LogP contribution in [-0.4, -0.2) is 40.8 Å². The van der Waals surface area contributed by atoms with Crippen LogP contribution in [0.3, 0.4) is 0 Å². The van der Waals surface area contributed by atoms with E-state index in [1.807, 2.05) is 86.6 Å². The third kappa shape index (κ3) is 6.31. The van der Waals surface area contributed by atoms with Gasteiger partial charge in [0, 0.05) is 18.7 Å². The van der Waals surface area contributed by atoms with Gasteiger partial charge in [-0.05, 0) is 61.7 Å². The van der Waals surface area contributed by atoms with Crippen molar-refractivity contribution >= 4 is 40.1 Å². The van der Waals surface area contributed by atoms with Crippen molar-refractivity contribution in [1.29, 1.82) is 0 Å². The van der Waals surface area contributed by atoms with Crippen molar-refractivity contribution in [1.82, 2.24) is 4.90 Å². The van der Waals surface area contributed by atoms with Gasteiger partial charge in [0.25, 0.3) is 0 Å². The van der Waals surface area contributed by atoms with Crippen LogP contribution in [0.25, 0.3) is 0 Å². The summed E-state index contributed by atoms with van der Waals surface area (Å²) in [4.78, 5) is 32.6. The lowest BCUT2D eigenvalue weighted by atomic mass is 10.1. The topological polar surface area (TPSA) is 71.0 Å². The van der Waals surface area contributed by atoms with Gasteiger partial charge in [0.2, 0.25) is 11.8 Å². The molecule has 0 radical (unpaired) electrons. The lowest BCUT2D eigenvalue weighted by Gasteiger charge is -2.17. The highest BCUT2D eigenvalue weighted by Crippen LogP contribution is 2.32. The number of benzene rings is 3. The minimum absolute atomic E-state index is 0.0870. The Morgan fingerprint density at radius 1 is 1.06 bits per heavy atom. The Labute approximate surface area is 210 Å². The van der Waals surface area contributed by atoms with Crippen molar-refractivity contribution in [2.24, 2.45) is 4.99 Å². The molecule has 1 aliphatic heterocycles. The highest BCUT2D eigenvalue weighted by Gasteiger charge is 2.39. The maximum absolute atomic E-state index is 13.4. The number of rotatable bonds is 8. The first-order valence-electron chi connectivity index (χ1n) is 11.5. The van der Waals surface area contributed by atoms with Gasteiger partial charge in [-0.25, -0.2) is 4.99 Å². The molecule has 3 aromatic carbocycles. The summed E-state index contributed by atoms with van der Waals surface area (Å²) in [6, 6.07) is 23.3. The third-order valence-electron chi connectivity index (χ3n) is 5.81. The van der Waals surface area contributed by atoms with Crippen molar-refractivity contribution in [3.05, 3.63) is 89.5 Å². The molecule has 6 nitrogen and oxygen atoms in total. The van der Waals surface area contributed by atoms with E-state index in [4.69, 9.17) is 9.73 Å². The predicted octanol–water partition coefficient (Wildman–Crippen LogP) is 5.52. The van der Waals surface area contributed by atoms with Gasteiger partial charge in [0.05, 0.1) is 12.8 Å². The molecule has 0 aliphatic carbocycles. The Morgan fingerprint density at radius 3 is 2.49 bits per heavy atom. The van der Waals surface area contributed by atoms with Crippen LogP contribution in [-0.2, 0) is 16.0 Å². The van der Waals surface area contributed by atoms with E-state index in [1.165, 1.54) is 11.8 Å². The zero-order valence-electron chi connectivity index (χ0n) is 20.2. The van der Waals surface area contributed by atoms with Crippen LogP contribution < -0.4 is 10.1 Å². The first-order valence-corrected chi connectivity index (χ1v) is 12.4. The Morgan fingerprint density at radius 2 is 1.80 bits per heavy atom. The molecule has 0 bridgehead atoms. The summed E-state index contributed by atoms with van der Waals surface area (Å²) < 4.78 is 5.23. The number of carbonyl (C=O) groups is 2. The van der Waals surface area contributed by atoms with Crippen molar-refractivity contribution in [3.63, 3.8) is 0 Å². The van der Waals surface area contributed by atoms with Crippen LogP contribution in [0, 0.1) is 13.8 Å². The lowest BCUT2D eigenvalue weighted by Crippen LogP contribution is -2.35. The Balaban J connectivity index is 1.48. The maximum Gasteiger partial charge on any atom is 0.242 e. The summed E-state index contributed by atoms with van der Waals surface area (Å²) in [7, 11) is 1.64. The molecule has 1 aliphatic rings. The molecule has 1 saturated heterocycles. The van der Waals surface area contributed by atoms with E-state index in [0.29, 0.717) is 18.1 Å². The maximum atomic E-state index is 13.4. The van der Waals surface area contributed by atoms with Gasteiger partial charge in [0.1, 0.15) is 11.0 Å². The summed E-state index contributed by atoms with van der Waals surface area (Å²) >= 11 is 1.35. The van der Waals surface area contributed by atoms with E-state index >= 15 is 0 Å². The fourth-order valence-electron chi connectivity index (χ4n) is 3.90. The molecule has 7 heteroatoms. The van der Waals surface area contributed by atoms with Gasteiger partial charge < -0.3 is 10.1 Å². The number of anilines is 1. The number of hydrogen-bond acceptors (Lipinski definition) is 5. The number of aryl methyl sites for hydroxylation is 2. The molecule has 3 aromatic rings. The highest BCUT2D eigenvalue weighted by molar-refractivity contribution is 8.15. The van der Waals surface area contributed by atoms with Crippen LogP contribution in [0.1, 0.15) is 23.1 Å². The van der Waals surface area contributed by atoms with E-state index in [9.17, 15) is 9.59 Å². The molecule has 1 fully saturated rings. The predicted molar refractivity (Wildman–Crippen MR) is 142 cm³/mol. The quantitative estimate of drug-likeness (QED) is 0.455. The van der Waals surface area contributed by atoms with Gasteiger partial charge in [-0.1, -0.05) is 59.8 Å². The molecule has 1 N–H and O–H groups in total. The number of nitrogens with one attached hydrogen (secondary N) is 1. The monoisotopic (exact) mass is 487 g/mol. The molecule has 1 heterocycles. The van der Waals surface area contributed by atoms with Crippen LogP contribution in [0.15, 0.2) is 77.8 Å². The lowest BCUT2D eigenvalue weighted by molar-refractivity contribution is -0.128. The minimum atomic E-state index is -0.515. The van der Waals surface area contributed by atoms with Crippen molar-refractivity contribution in [3.8, 4) is 5.75 Å². The van der Waals surface area contributed by atoms with E-state index in [0.717, 1.165) is 33.8 Å². The SMILES string of the molecule is COc1ccc(CCN2C(=O)[C@H](CC(=O)Nc3ccc(C)cc3C)SC2=Nc2ccccc2)cc1. The van der Waals surface area contributed by atoms with Crippen molar-refractivity contribution < 1.29 is 14.3 Å². The molecule has 180 valence electrons. The zero-order chi connectivity index (χ0) is 24.8. The number of para-hydroxylation sites is 1. The summed E-state index contributed by atoms with van der Waals surface area (Å²) in [5.41, 5.74) is 4.77. The summed E-state index contributed by atoms with van der Waals surface area (Å²) in [5, 5.41) is 3.07. The molecule has 0 unspecified atom stereocenters. The molecule has 0 aromatic heterocycles. The second-order valence-electron chi connectivity index (χ2n) is 8.50. The molecule has 1 atom stereocenters. The first-order chi connectivity index (χ1) is 16.9. The van der Waals surface area contributed by atoms with Crippen molar-refractivity contribution in [2.45, 2.75) is 31.9 Å². The number of carbonyl (C=O) groups excluding carboxylic acids is 2. The number of amidine groups is 1. The molecule has 4 rings (SSSR count). The van der Waals surface area contributed by atoms with Crippen LogP contribution in [0.4, 0.5) is 11.4 Å². The van der Waals surface area contributed by atoms with Gasteiger partial charge in [-0.2, -0.15) is 0 Å². The average molecular weight is 488 g/mol. The fraction of sp³-hybridized carbons (Fsp3) is 0.250. The summed E-state index contributed by atoms with van der Waals surface area (Å²) in [6.45, 7) is 4.46. The van der Waals surface area contributed by atoms with E-state index in [-0.39, 0.29) is 18.2 Å². The molecular formula is C28H29N3O3S. The second kappa shape index (κ2) is 11.2.